The second-order valence-electron chi connectivity index (χ2n) is 5.72. The smallest absolute Gasteiger partial charge is 0.321 e. The van der Waals surface area contributed by atoms with Crippen molar-refractivity contribution >= 4 is 17.6 Å². The molecule has 2 rings (SSSR count). The zero-order chi connectivity index (χ0) is 11.3. The van der Waals surface area contributed by atoms with Crippen molar-refractivity contribution in [3.8, 4) is 0 Å². The van der Waals surface area contributed by atoms with E-state index in [4.69, 9.17) is 16.3 Å². The lowest BCUT2D eigenvalue weighted by Crippen LogP contribution is -2.38. The highest BCUT2D eigenvalue weighted by Crippen LogP contribution is 2.66. The van der Waals surface area contributed by atoms with Crippen molar-refractivity contribution in [1.29, 1.82) is 0 Å². The Morgan fingerprint density at radius 3 is 2.53 bits per heavy atom. The molecule has 2 bridgehead atoms. The van der Waals surface area contributed by atoms with Gasteiger partial charge in [0.2, 0.25) is 0 Å². The Hall–Kier alpha value is -0.240. The van der Waals surface area contributed by atoms with E-state index in [1.807, 2.05) is 0 Å². The van der Waals surface area contributed by atoms with E-state index in [1.54, 1.807) is 0 Å². The topological polar surface area (TPSA) is 26.3 Å². The van der Waals surface area contributed by atoms with Gasteiger partial charge in [0.15, 0.2) is 0 Å². The third-order valence-corrected chi connectivity index (χ3v) is 5.31. The van der Waals surface area contributed by atoms with Crippen LogP contribution in [0.15, 0.2) is 0 Å². The summed E-state index contributed by atoms with van der Waals surface area (Å²) >= 11 is 5.47. The third kappa shape index (κ3) is 1.41. The molecule has 2 fully saturated rings. The Bertz CT molecular complexity index is 287. The van der Waals surface area contributed by atoms with E-state index in [1.165, 1.54) is 12.8 Å². The first-order valence-corrected chi connectivity index (χ1v) is 6.20. The van der Waals surface area contributed by atoms with Crippen molar-refractivity contribution in [2.75, 3.05) is 5.88 Å². The molecule has 0 aromatic carbocycles. The summed E-state index contributed by atoms with van der Waals surface area (Å²) in [6.45, 7) is 6.87. The summed E-state index contributed by atoms with van der Waals surface area (Å²) in [4.78, 5) is 11.2. The molecule has 0 N–H and O–H groups in total. The predicted octanol–water partition coefficient (Wildman–Crippen LogP) is 2.98. The zero-order valence-corrected chi connectivity index (χ0v) is 10.4. The molecule has 3 heteroatoms. The number of hydrogen-bond acceptors (Lipinski definition) is 2. The van der Waals surface area contributed by atoms with Gasteiger partial charge < -0.3 is 4.74 Å². The summed E-state index contributed by atoms with van der Waals surface area (Å²) in [6.07, 6.45) is 3.55. The van der Waals surface area contributed by atoms with Crippen molar-refractivity contribution in [3.05, 3.63) is 0 Å². The number of ether oxygens (including phenoxy) is 1. The normalized spacial score (nSPS) is 41.9. The van der Waals surface area contributed by atoms with Crippen LogP contribution in [0.1, 0.15) is 40.0 Å². The molecule has 2 saturated carbocycles. The van der Waals surface area contributed by atoms with Gasteiger partial charge in [-0.15, -0.1) is 11.6 Å². The average molecular weight is 231 g/mol. The Kier molecular flexibility index (Phi) is 2.53. The molecule has 0 amide bonds. The lowest BCUT2D eigenvalue weighted by molar-refractivity contribution is -0.153. The summed E-state index contributed by atoms with van der Waals surface area (Å²) in [5, 5.41) is 0. The number of hydrogen-bond donors (Lipinski definition) is 0. The summed E-state index contributed by atoms with van der Waals surface area (Å²) < 4.78 is 5.46. The van der Waals surface area contributed by atoms with E-state index in [2.05, 4.69) is 20.8 Å². The maximum atomic E-state index is 11.2. The Morgan fingerprint density at radius 1 is 1.47 bits per heavy atom. The van der Waals surface area contributed by atoms with Crippen LogP contribution in [0.4, 0.5) is 0 Å². The number of carbonyl (C=O) groups is 1. The minimum absolute atomic E-state index is 0.0301. The SMILES string of the molecule is CC1(C)[C@H]2CC[C@]1(C)[C@H](OC(=O)CCl)C2. The minimum atomic E-state index is -0.272. The molecule has 0 radical (unpaired) electrons. The fraction of sp³-hybridized carbons (Fsp3) is 0.917. The standard InChI is InChI=1S/C12H19ClO2/c1-11(2)8-4-5-12(11,3)9(6-8)15-10(14)7-13/h8-9H,4-7H2,1-3H3/t8-,9+,12+/m0/s1. The summed E-state index contributed by atoms with van der Waals surface area (Å²) in [6, 6.07) is 0. The summed E-state index contributed by atoms with van der Waals surface area (Å²) in [5.41, 5.74) is 0.448. The molecule has 0 aromatic heterocycles. The van der Waals surface area contributed by atoms with Gasteiger partial charge in [-0.25, -0.2) is 0 Å². The number of alkyl halides is 1. The number of esters is 1. The van der Waals surface area contributed by atoms with Crippen LogP contribution in [0.3, 0.4) is 0 Å². The Morgan fingerprint density at radius 2 is 2.13 bits per heavy atom. The molecule has 0 unspecified atom stereocenters. The largest absolute Gasteiger partial charge is 0.461 e. The molecule has 0 saturated heterocycles. The van der Waals surface area contributed by atoms with Crippen LogP contribution in [-0.4, -0.2) is 18.0 Å². The van der Waals surface area contributed by atoms with E-state index in [9.17, 15) is 4.79 Å². The molecule has 0 aliphatic heterocycles. The Labute approximate surface area is 96.3 Å². The number of fused-ring (bicyclic) bond motifs is 2. The fourth-order valence-electron chi connectivity index (χ4n) is 3.50. The van der Waals surface area contributed by atoms with E-state index in [0.717, 1.165) is 6.42 Å². The second-order valence-corrected chi connectivity index (χ2v) is 5.99. The maximum absolute atomic E-state index is 11.2. The highest BCUT2D eigenvalue weighted by Gasteiger charge is 2.62. The van der Waals surface area contributed by atoms with Crippen molar-refractivity contribution in [2.24, 2.45) is 16.7 Å². The van der Waals surface area contributed by atoms with Gasteiger partial charge in [0.1, 0.15) is 12.0 Å². The van der Waals surface area contributed by atoms with E-state index >= 15 is 0 Å². The van der Waals surface area contributed by atoms with Crippen LogP contribution in [-0.2, 0) is 9.53 Å². The lowest BCUT2D eigenvalue weighted by Gasteiger charge is -2.38. The van der Waals surface area contributed by atoms with Gasteiger partial charge in [0.05, 0.1) is 0 Å². The molecule has 2 aliphatic carbocycles. The zero-order valence-electron chi connectivity index (χ0n) is 9.68. The van der Waals surface area contributed by atoms with Gasteiger partial charge in [0, 0.05) is 5.41 Å². The summed E-state index contributed by atoms with van der Waals surface area (Å²) in [5.74, 6) is 0.402. The minimum Gasteiger partial charge on any atom is -0.461 e. The number of rotatable bonds is 2. The quantitative estimate of drug-likeness (QED) is 0.539. The van der Waals surface area contributed by atoms with Crippen molar-refractivity contribution < 1.29 is 9.53 Å². The molecule has 0 spiro atoms. The Balaban J connectivity index is 2.15. The van der Waals surface area contributed by atoms with E-state index in [-0.39, 0.29) is 23.4 Å². The van der Waals surface area contributed by atoms with Crippen LogP contribution < -0.4 is 0 Å². The number of halogens is 1. The first-order chi connectivity index (χ1) is 6.91. The maximum Gasteiger partial charge on any atom is 0.321 e. The lowest BCUT2D eigenvalue weighted by atomic mass is 9.70. The van der Waals surface area contributed by atoms with Gasteiger partial charge in [-0.2, -0.15) is 0 Å². The van der Waals surface area contributed by atoms with Crippen molar-refractivity contribution in [3.63, 3.8) is 0 Å². The summed E-state index contributed by atoms with van der Waals surface area (Å²) in [7, 11) is 0. The molecule has 2 aliphatic rings. The van der Waals surface area contributed by atoms with Crippen LogP contribution >= 0.6 is 11.6 Å². The molecule has 0 aromatic rings. The molecule has 2 nitrogen and oxygen atoms in total. The van der Waals surface area contributed by atoms with Gasteiger partial charge in [-0.05, 0) is 30.6 Å². The van der Waals surface area contributed by atoms with E-state index in [0.29, 0.717) is 11.3 Å². The van der Waals surface area contributed by atoms with Crippen LogP contribution in [0.2, 0.25) is 0 Å². The second kappa shape index (κ2) is 3.38. The molecule has 15 heavy (non-hydrogen) atoms. The molecule has 0 heterocycles. The highest BCUT2D eigenvalue weighted by molar-refractivity contribution is 6.26. The van der Waals surface area contributed by atoms with Crippen LogP contribution in [0, 0.1) is 16.7 Å². The molecule has 86 valence electrons. The third-order valence-electron chi connectivity index (χ3n) is 5.10. The van der Waals surface area contributed by atoms with Gasteiger partial charge in [0.25, 0.3) is 0 Å². The average Bonchev–Trinajstić information content (AvgIpc) is 2.50. The predicted molar refractivity (Wildman–Crippen MR) is 59.8 cm³/mol. The first-order valence-electron chi connectivity index (χ1n) is 5.67. The van der Waals surface area contributed by atoms with Gasteiger partial charge in [-0.3, -0.25) is 4.79 Å². The van der Waals surface area contributed by atoms with Crippen molar-refractivity contribution in [1.82, 2.24) is 0 Å². The molecular weight excluding hydrogens is 212 g/mol. The first kappa shape index (κ1) is 11.3. The monoisotopic (exact) mass is 230 g/mol. The van der Waals surface area contributed by atoms with Crippen molar-refractivity contribution in [2.45, 2.75) is 46.1 Å². The van der Waals surface area contributed by atoms with E-state index < -0.39 is 0 Å². The van der Waals surface area contributed by atoms with Gasteiger partial charge in [-0.1, -0.05) is 20.8 Å². The molecule has 3 atom stereocenters. The molecular formula is C12H19ClO2. The van der Waals surface area contributed by atoms with Crippen LogP contribution in [0.5, 0.6) is 0 Å². The highest BCUT2D eigenvalue weighted by atomic mass is 35.5. The van der Waals surface area contributed by atoms with Gasteiger partial charge >= 0.3 is 5.97 Å². The number of carbonyl (C=O) groups excluding carboxylic acids is 1. The van der Waals surface area contributed by atoms with Crippen LogP contribution in [0.25, 0.3) is 0 Å². The fourth-order valence-corrected chi connectivity index (χ4v) is 3.56.